The van der Waals surface area contributed by atoms with Crippen LogP contribution in [-0.4, -0.2) is 39.8 Å². The van der Waals surface area contributed by atoms with Crippen LogP contribution < -0.4 is 10.6 Å². The molecule has 8 nitrogen and oxygen atoms in total. The van der Waals surface area contributed by atoms with Crippen LogP contribution in [0.5, 0.6) is 0 Å². The zero-order chi connectivity index (χ0) is 26.4. The van der Waals surface area contributed by atoms with E-state index in [1.54, 1.807) is 0 Å². The average Bonchev–Trinajstić information content (AvgIpc) is 3.39. The van der Waals surface area contributed by atoms with Crippen LogP contribution in [0.3, 0.4) is 0 Å². The fraction of sp³-hybridized carbons (Fsp3) is 0.440. The molecule has 0 spiro atoms. The number of carboxylic acids is 1. The first kappa shape index (κ1) is 27.3. The maximum Gasteiger partial charge on any atom is 0.306 e. The minimum atomic E-state index is -1.13. The molecule has 0 saturated heterocycles. The van der Waals surface area contributed by atoms with Gasteiger partial charge < -0.3 is 20.3 Å². The number of anilines is 1. The molecule has 0 fully saturated rings. The van der Waals surface area contributed by atoms with Crippen molar-refractivity contribution in [3.05, 3.63) is 51.8 Å². The Hall–Kier alpha value is -3.27. The van der Waals surface area contributed by atoms with E-state index in [9.17, 15) is 33.1 Å². The van der Waals surface area contributed by atoms with Crippen molar-refractivity contribution in [2.75, 3.05) is 11.9 Å². The Morgan fingerprint density at radius 1 is 1.14 bits per heavy atom. The number of carboxylic acid groups (broad SMARTS) is 1. The van der Waals surface area contributed by atoms with Gasteiger partial charge in [0.05, 0.1) is 16.5 Å². The first-order chi connectivity index (χ1) is 17.1. The van der Waals surface area contributed by atoms with Crippen molar-refractivity contribution in [2.45, 2.75) is 58.4 Å². The van der Waals surface area contributed by atoms with E-state index in [0.717, 1.165) is 25.0 Å². The second kappa shape index (κ2) is 12.1. The summed E-state index contributed by atoms with van der Waals surface area (Å²) in [5, 5.41) is 14.1. The predicted molar refractivity (Wildman–Crippen MR) is 129 cm³/mol. The summed E-state index contributed by atoms with van der Waals surface area (Å²) in [6.07, 6.45) is 4.09. The Balaban J connectivity index is 1.69. The van der Waals surface area contributed by atoms with Crippen LogP contribution in [0.4, 0.5) is 14.5 Å². The highest BCUT2D eigenvalue weighted by Crippen LogP contribution is 2.34. The molecule has 1 aliphatic rings. The van der Waals surface area contributed by atoms with Crippen LogP contribution in [0.1, 0.15) is 72.0 Å². The number of ketones is 1. The summed E-state index contributed by atoms with van der Waals surface area (Å²) < 4.78 is 28.3. The molecule has 2 aromatic rings. The summed E-state index contributed by atoms with van der Waals surface area (Å²) in [5.41, 5.74) is 0.396. The van der Waals surface area contributed by atoms with Gasteiger partial charge in [0.1, 0.15) is 5.69 Å². The fourth-order valence-corrected chi connectivity index (χ4v) is 4.73. The minimum absolute atomic E-state index is 0.00951. The van der Waals surface area contributed by atoms with Crippen LogP contribution in [0.25, 0.3) is 0 Å². The number of rotatable bonds is 12. The summed E-state index contributed by atoms with van der Waals surface area (Å²) in [7, 11) is 0. The number of hydrogen-bond acceptors (Lipinski definition) is 4. The molecule has 0 radical (unpaired) electrons. The molecular weight excluding hydrogens is 496 g/mol. The van der Waals surface area contributed by atoms with Gasteiger partial charge in [-0.05, 0) is 44.2 Å². The van der Waals surface area contributed by atoms with Gasteiger partial charge >= 0.3 is 5.97 Å². The predicted octanol–water partition coefficient (Wildman–Crippen LogP) is 4.59. The Bertz CT molecular complexity index is 1180. The van der Waals surface area contributed by atoms with Gasteiger partial charge in [-0.15, -0.1) is 0 Å². The van der Waals surface area contributed by atoms with Crippen molar-refractivity contribution >= 4 is 40.9 Å². The summed E-state index contributed by atoms with van der Waals surface area (Å²) in [6.45, 7) is 2.49. The molecule has 2 heterocycles. The number of benzene rings is 1. The van der Waals surface area contributed by atoms with Gasteiger partial charge in [-0.1, -0.05) is 31.4 Å². The summed E-state index contributed by atoms with van der Waals surface area (Å²) >= 11 is 6.41. The Labute approximate surface area is 212 Å². The van der Waals surface area contributed by atoms with Gasteiger partial charge in [0, 0.05) is 30.5 Å². The quantitative estimate of drug-likeness (QED) is 0.214. The number of hydrogen-bond donors (Lipinski definition) is 3. The number of aliphatic carboxylic acids is 1. The van der Waals surface area contributed by atoms with Gasteiger partial charge in [-0.2, -0.15) is 0 Å². The van der Waals surface area contributed by atoms with Gasteiger partial charge in [-0.3, -0.25) is 19.2 Å². The number of nitrogens with one attached hydrogen (secondary N) is 2. The molecule has 1 unspecified atom stereocenters. The van der Waals surface area contributed by atoms with Gasteiger partial charge in [0.2, 0.25) is 0 Å². The largest absolute Gasteiger partial charge is 0.481 e. The van der Waals surface area contributed by atoms with E-state index in [-0.39, 0.29) is 28.5 Å². The fourth-order valence-electron chi connectivity index (χ4n) is 4.35. The molecule has 2 amide bonds. The third kappa shape index (κ3) is 6.10. The Morgan fingerprint density at radius 3 is 2.53 bits per heavy atom. The molecule has 0 aliphatic carbocycles. The molecular formula is C25H28ClF2N3O5. The molecule has 1 atom stereocenters. The van der Waals surface area contributed by atoms with Crippen LogP contribution in [0, 0.1) is 17.6 Å². The van der Waals surface area contributed by atoms with E-state index < -0.39 is 41.1 Å². The average molecular weight is 524 g/mol. The highest BCUT2D eigenvalue weighted by molar-refractivity contribution is 6.48. The topological polar surface area (TPSA) is 117 Å². The molecule has 194 valence electrons. The number of halogens is 3. The molecule has 3 rings (SSSR count). The molecule has 1 aliphatic heterocycles. The number of Topliss-reactive ketones (excluding diaryl/α,β-unsaturated/α-hetero) is 1. The molecule has 0 saturated carbocycles. The monoisotopic (exact) mass is 523 g/mol. The number of unbranched alkanes of at least 4 members (excludes halogenated alkanes) is 1. The van der Waals surface area contributed by atoms with Gasteiger partial charge in [-0.25, -0.2) is 8.78 Å². The van der Waals surface area contributed by atoms with E-state index in [2.05, 4.69) is 10.6 Å². The third-order valence-corrected chi connectivity index (χ3v) is 6.57. The van der Waals surface area contributed by atoms with E-state index in [4.69, 9.17) is 11.6 Å². The van der Waals surface area contributed by atoms with Crippen molar-refractivity contribution in [2.24, 2.45) is 5.92 Å². The highest BCUT2D eigenvalue weighted by Gasteiger charge is 2.34. The lowest BCUT2D eigenvalue weighted by Gasteiger charge is -2.12. The lowest BCUT2D eigenvalue weighted by atomic mass is 9.97. The molecule has 1 aromatic heterocycles. The number of amides is 2. The number of carbonyl (C=O) groups is 4. The van der Waals surface area contributed by atoms with Gasteiger partial charge in [0.15, 0.2) is 11.6 Å². The normalized spacial score (nSPS) is 13.2. The van der Waals surface area contributed by atoms with Gasteiger partial charge in [0.25, 0.3) is 17.6 Å². The first-order valence-corrected chi connectivity index (χ1v) is 12.3. The van der Waals surface area contributed by atoms with Crippen molar-refractivity contribution in [1.82, 2.24) is 9.88 Å². The molecule has 0 bridgehead atoms. The first-order valence-electron chi connectivity index (χ1n) is 11.9. The number of fused-ring (bicyclic) bond motifs is 1. The molecule has 3 N–H and O–H groups in total. The minimum Gasteiger partial charge on any atom is -0.481 e. The number of aromatic nitrogens is 1. The second-order valence-corrected chi connectivity index (χ2v) is 9.11. The van der Waals surface area contributed by atoms with E-state index >= 15 is 0 Å². The number of carbonyl (C=O) groups excluding carboxylic acids is 3. The lowest BCUT2D eigenvalue weighted by Crippen LogP contribution is -2.33. The van der Waals surface area contributed by atoms with E-state index in [0.29, 0.717) is 44.3 Å². The molecule has 1 aromatic carbocycles. The van der Waals surface area contributed by atoms with Crippen LogP contribution in [0.15, 0.2) is 18.2 Å². The van der Waals surface area contributed by atoms with Crippen LogP contribution in [0.2, 0.25) is 5.02 Å². The zero-order valence-electron chi connectivity index (χ0n) is 19.8. The maximum absolute atomic E-state index is 13.5. The van der Waals surface area contributed by atoms with Crippen molar-refractivity contribution < 1.29 is 33.1 Å². The van der Waals surface area contributed by atoms with E-state index in [1.807, 2.05) is 6.92 Å². The third-order valence-electron chi connectivity index (χ3n) is 6.20. The summed E-state index contributed by atoms with van der Waals surface area (Å²) in [5.74, 6) is -6.09. The standard InChI is InChI=1S/C25H28ClF2N3O5/c1-2-3-6-14(25(35)36)7-4-11-29-24(34)22(32)21-20(26)19(18-8-5-12-31(18)21)23(33)30-15-9-10-16(27)17(28)13-15/h9-10,13-14H,2-8,11-12H2,1H3,(H,29,34)(H,30,33)(H,35,36). The van der Waals surface area contributed by atoms with Crippen molar-refractivity contribution in [3.8, 4) is 0 Å². The van der Waals surface area contributed by atoms with Crippen molar-refractivity contribution in [1.29, 1.82) is 0 Å². The SMILES string of the molecule is CCCCC(CCCNC(=O)C(=O)c1c(Cl)c(C(=O)Nc2ccc(F)c(F)c2)c2n1CCC2)C(=O)O. The molecule has 11 heteroatoms. The summed E-state index contributed by atoms with van der Waals surface area (Å²) in [4.78, 5) is 49.8. The zero-order valence-corrected chi connectivity index (χ0v) is 20.6. The smallest absolute Gasteiger partial charge is 0.306 e. The maximum atomic E-state index is 13.5. The Morgan fingerprint density at radius 2 is 1.86 bits per heavy atom. The molecule has 36 heavy (non-hydrogen) atoms. The second-order valence-electron chi connectivity index (χ2n) is 8.73. The van der Waals surface area contributed by atoms with Crippen LogP contribution >= 0.6 is 11.6 Å². The highest BCUT2D eigenvalue weighted by atomic mass is 35.5. The van der Waals surface area contributed by atoms with E-state index in [1.165, 1.54) is 10.6 Å². The number of nitrogens with zero attached hydrogens (tertiary/aromatic N) is 1. The van der Waals surface area contributed by atoms with Crippen molar-refractivity contribution in [3.63, 3.8) is 0 Å². The lowest BCUT2D eigenvalue weighted by molar-refractivity contribution is -0.142. The summed E-state index contributed by atoms with van der Waals surface area (Å²) in [6, 6.07) is 2.89. The van der Waals surface area contributed by atoms with Crippen LogP contribution in [-0.2, 0) is 22.6 Å². The Kier molecular flexibility index (Phi) is 9.19.